The zero-order valence-electron chi connectivity index (χ0n) is 10.5. The minimum atomic E-state index is 0.989. The van der Waals surface area contributed by atoms with Crippen molar-refractivity contribution in [3.8, 4) is 0 Å². The molecule has 0 aliphatic heterocycles. The summed E-state index contributed by atoms with van der Waals surface area (Å²) >= 11 is 8.62. The number of thiol groups is 2. The van der Waals surface area contributed by atoms with E-state index in [9.17, 15) is 0 Å². The van der Waals surface area contributed by atoms with Gasteiger partial charge in [-0.25, -0.2) is 0 Å². The second-order valence-electron chi connectivity index (χ2n) is 4.34. The van der Waals surface area contributed by atoms with Gasteiger partial charge in [0, 0.05) is 9.79 Å². The topological polar surface area (TPSA) is 0 Å². The van der Waals surface area contributed by atoms with Crippen molar-refractivity contribution in [1.29, 1.82) is 0 Å². The Kier molecular flexibility index (Phi) is 4.20. The lowest BCUT2D eigenvalue weighted by Gasteiger charge is -2.09. The molecule has 0 unspecified atom stereocenters. The maximum absolute atomic E-state index is 4.31. The summed E-state index contributed by atoms with van der Waals surface area (Å²) in [6.07, 6.45) is 0. The molecule has 0 nitrogen and oxygen atoms in total. The molecule has 0 saturated carbocycles. The molecule has 0 radical (unpaired) electrons. The van der Waals surface area contributed by atoms with Gasteiger partial charge in [0.15, 0.2) is 0 Å². The van der Waals surface area contributed by atoms with Gasteiger partial charge in [-0.15, -0.1) is 25.3 Å². The molecule has 0 atom stereocenters. The van der Waals surface area contributed by atoms with Crippen LogP contribution in [-0.2, 0) is 0 Å². The average molecular weight is 272 g/mol. The number of allylic oxidation sites excluding steroid dienone is 2. The smallest absolute Gasteiger partial charge is 0.00403 e. The van der Waals surface area contributed by atoms with E-state index in [1.165, 1.54) is 22.3 Å². The molecular weight excluding hydrogens is 256 g/mol. The molecule has 0 aliphatic rings. The van der Waals surface area contributed by atoms with Crippen LogP contribution in [0.1, 0.15) is 25.0 Å². The summed E-state index contributed by atoms with van der Waals surface area (Å²) in [7, 11) is 0. The molecule has 0 heterocycles. The van der Waals surface area contributed by atoms with Crippen LogP contribution in [0.5, 0.6) is 0 Å². The van der Waals surface area contributed by atoms with E-state index in [0.717, 1.165) is 9.79 Å². The van der Waals surface area contributed by atoms with Crippen LogP contribution in [0.15, 0.2) is 58.3 Å². The van der Waals surface area contributed by atoms with E-state index in [1.54, 1.807) is 0 Å². The van der Waals surface area contributed by atoms with Gasteiger partial charge in [-0.3, -0.25) is 0 Å². The van der Waals surface area contributed by atoms with Gasteiger partial charge in [0.05, 0.1) is 0 Å². The molecule has 2 heteroatoms. The first-order valence-electron chi connectivity index (χ1n) is 5.84. The van der Waals surface area contributed by atoms with E-state index in [-0.39, 0.29) is 0 Å². The predicted molar refractivity (Wildman–Crippen MR) is 85.6 cm³/mol. The lowest BCUT2D eigenvalue weighted by Crippen LogP contribution is -1.86. The molecule has 0 amide bonds. The quantitative estimate of drug-likeness (QED) is 0.544. The lowest BCUT2D eigenvalue weighted by molar-refractivity contribution is 1.41. The first-order valence-corrected chi connectivity index (χ1v) is 6.73. The Morgan fingerprint density at radius 2 is 0.889 bits per heavy atom. The number of hydrogen-bond acceptors (Lipinski definition) is 2. The van der Waals surface area contributed by atoms with Crippen molar-refractivity contribution in [3.63, 3.8) is 0 Å². The van der Waals surface area contributed by atoms with Crippen LogP contribution in [-0.4, -0.2) is 0 Å². The minimum Gasteiger partial charge on any atom is -0.143 e. The van der Waals surface area contributed by atoms with Crippen LogP contribution < -0.4 is 0 Å². The van der Waals surface area contributed by atoms with Crippen molar-refractivity contribution in [3.05, 3.63) is 59.7 Å². The van der Waals surface area contributed by atoms with Gasteiger partial charge < -0.3 is 0 Å². The third-order valence-electron chi connectivity index (χ3n) is 3.16. The van der Waals surface area contributed by atoms with Gasteiger partial charge in [-0.05, 0) is 60.4 Å². The second-order valence-corrected chi connectivity index (χ2v) is 5.38. The minimum absolute atomic E-state index is 0.989. The fourth-order valence-electron chi connectivity index (χ4n) is 1.86. The van der Waals surface area contributed by atoms with Crippen LogP contribution in [0.4, 0.5) is 0 Å². The highest BCUT2D eigenvalue weighted by Crippen LogP contribution is 2.26. The second kappa shape index (κ2) is 5.68. The molecule has 18 heavy (non-hydrogen) atoms. The number of rotatable bonds is 2. The van der Waals surface area contributed by atoms with Crippen molar-refractivity contribution in [2.24, 2.45) is 0 Å². The molecule has 0 saturated heterocycles. The largest absolute Gasteiger partial charge is 0.143 e. The molecule has 0 aliphatic carbocycles. The maximum atomic E-state index is 4.31. The van der Waals surface area contributed by atoms with Crippen LogP contribution in [0.2, 0.25) is 0 Å². The Labute approximate surface area is 120 Å². The first kappa shape index (κ1) is 13.3. The standard InChI is InChI=1S/C16H16S2/c1-11(13-3-7-15(17)8-4-13)12(2)14-5-9-16(18)10-6-14/h3-10,17-18H,1-2H3. The summed E-state index contributed by atoms with van der Waals surface area (Å²) < 4.78 is 0. The highest BCUT2D eigenvalue weighted by atomic mass is 32.1. The summed E-state index contributed by atoms with van der Waals surface area (Å²) in [6, 6.07) is 16.5. The van der Waals surface area contributed by atoms with Crippen molar-refractivity contribution in [2.45, 2.75) is 23.6 Å². The monoisotopic (exact) mass is 272 g/mol. The van der Waals surface area contributed by atoms with Crippen molar-refractivity contribution in [2.75, 3.05) is 0 Å². The van der Waals surface area contributed by atoms with Gasteiger partial charge in [0.25, 0.3) is 0 Å². The fraction of sp³-hybridized carbons (Fsp3) is 0.125. The molecule has 2 rings (SSSR count). The summed E-state index contributed by atoms with van der Waals surface area (Å²) in [5.74, 6) is 0. The highest BCUT2D eigenvalue weighted by molar-refractivity contribution is 7.80. The van der Waals surface area contributed by atoms with E-state index in [1.807, 2.05) is 24.3 Å². The van der Waals surface area contributed by atoms with Crippen molar-refractivity contribution >= 4 is 36.4 Å². The predicted octanol–water partition coefficient (Wildman–Crippen LogP) is 5.21. The van der Waals surface area contributed by atoms with E-state index in [4.69, 9.17) is 0 Å². The number of benzene rings is 2. The summed E-state index contributed by atoms with van der Waals surface area (Å²) in [4.78, 5) is 1.98. The molecule has 0 N–H and O–H groups in total. The van der Waals surface area contributed by atoms with Crippen LogP contribution >= 0.6 is 25.3 Å². The Morgan fingerprint density at radius 1 is 0.611 bits per heavy atom. The van der Waals surface area contributed by atoms with E-state index in [0.29, 0.717) is 0 Å². The zero-order valence-corrected chi connectivity index (χ0v) is 12.3. The molecule has 0 spiro atoms. The normalized spacial score (nSPS) is 12.2. The van der Waals surface area contributed by atoms with Crippen LogP contribution in [0.3, 0.4) is 0 Å². The zero-order chi connectivity index (χ0) is 13.1. The highest BCUT2D eigenvalue weighted by Gasteiger charge is 2.03. The Morgan fingerprint density at radius 3 is 1.17 bits per heavy atom. The van der Waals surface area contributed by atoms with Crippen molar-refractivity contribution in [1.82, 2.24) is 0 Å². The molecule has 0 fully saturated rings. The summed E-state index contributed by atoms with van der Waals surface area (Å²) in [5.41, 5.74) is 5.05. The van der Waals surface area contributed by atoms with Gasteiger partial charge in [-0.1, -0.05) is 24.3 Å². The molecule has 2 aromatic rings. The van der Waals surface area contributed by atoms with E-state index in [2.05, 4.69) is 63.4 Å². The molecule has 92 valence electrons. The first-order chi connectivity index (χ1) is 8.58. The molecule has 0 bridgehead atoms. The van der Waals surface area contributed by atoms with Crippen molar-refractivity contribution < 1.29 is 0 Å². The maximum Gasteiger partial charge on any atom is 0.00403 e. The fourth-order valence-corrected chi connectivity index (χ4v) is 2.15. The van der Waals surface area contributed by atoms with Crippen LogP contribution in [0.25, 0.3) is 11.1 Å². The SMILES string of the molecule is CC(=C(C)c1ccc(S)cc1)c1ccc(S)cc1. The number of hydrogen-bond donors (Lipinski definition) is 2. The summed E-state index contributed by atoms with van der Waals surface area (Å²) in [5, 5.41) is 0. The van der Waals surface area contributed by atoms with E-state index < -0.39 is 0 Å². The summed E-state index contributed by atoms with van der Waals surface area (Å²) in [6.45, 7) is 4.30. The molecular formula is C16H16S2. The molecule has 0 aromatic heterocycles. The Hall–Kier alpha value is -1.12. The molecule has 2 aromatic carbocycles. The van der Waals surface area contributed by atoms with Crippen LogP contribution in [0, 0.1) is 0 Å². The van der Waals surface area contributed by atoms with E-state index >= 15 is 0 Å². The third-order valence-corrected chi connectivity index (χ3v) is 3.76. The third kappa shape index (κ3) is 3.01. The van der Waals surface area contributed by atoms with Gasteiger partial charge in [0.1, 0.15) is 0 Å². The van der Waals surface area contributed by atoms with Gasteiger partial charge in [-0.2, -0.15) is 0 Å². The Balaban J connectivity index is 2.40. The van der Waals surface area contributed by atoms with Gasteiger partial charge in [0.2, 0.25) is 0 Å². The van der Waals surface area contributed by atoms with Gasteiger partial charge >= 0.3 is 0 Å². The lowest BCUT2D eigenvalue weighted by atomic mass is 9.97. The average Bonchev–Trinajstić information content (AvgIpc) is 2.39. The Bertz CT molecular complexity index is 510.